The lowest BCUT2D eigenvalue weighted by Crippen LogP contribution is -1.99. The molecule has 0 aliphatic carbocycles. The number of nitrogens with one attached hydrogen (secondary N) is 2. The molecular formula is C7H5N3O4. The number of phenols is 1. The van der Waals surface area contributed by atoms with Crippen molar-refractivity contribution in [1.29, 1.82) is 0 Å². The minimum absolute atomic E-state index is 0.167. The second-order valence-electron chi connectivity index (χ2n) is 2.72. The molecule has 3 N–H and O–H groups in total. The number of hydrogen-bond acceptors (Lipinski definition) is 4. The van der Waals surface area contributed by atoms with E-state index in [9.17, 15) is 20.0 Å². The van der Waals surface area contributed by atoms with E-state index in [0.29, 0.717) is 0 Å². The summed E-state index contributed by atoms with van der Waals surface area (Å²) in [4.78, 5) is 25.2. The van der Waals surface area contributed by atoms with Crippen LogP contribution in [0.1, 0.15) is 0 Å². The molecule has 72 valence electrons. The van der Waals surface area contributed by atoms with Crippen LogP contribution in [0, 0.1) is 10.1 Å². The number of imidazole rings is 1. The summed E-state index contributed by atoms with van der Waals surface area (Å²) in [6.45, 7) is 0. The maximum absolute atomic E-state index is 10.8. The lowest BCUT2D eigenvalue weighted by molar-refractivity contribution is -0.384. The molecule has 7 heteroatoms. The van der Waals surface area contributed by atoms with E-state index in [-0.39, 0.29) is 22.5 Å². The van der Waals surface area contributed by atoms with Gasteiger partial charge in [0.25, 0.3) is 5.69 Å². The normalized spacial score (nSPS) is 10.6. The molecule has 0 saturated heterocycles. The maximum Gasteiger partial charge on any atom is 0.323 e. The molecule has 0 aliphatic heterocycles. The van der Waals surface area contributed by atoms with Gasteiger partial charge in [-0.15, -0.1) is 0 Å². The molecule has 0 aliphatic rings. The lowest BCUT2D eigenvalue weighted by Gasteiger charge is -1.94. The molecule has 2 rings (SSSR count). The Morgan fingerprint density at radius 1 is 1.36 bits per heavy atom. The summed E-state index contributed by atoms with van der Waals surface area (Å²) < 4.78 is 0. The quantitative estimate of drug-likeness (QED) is 0.453. The molecule has 0 unspecified atom stereocenters. The van der Waals surface area contributed by atoms with Crippen molar-refractivity contribution in [3.63, 3.8) is 0 Å². The third kappa shape index (κ3) is 1.11. The van der Waals surface area contributed by atoms with Crippen LogP contribution < -0.4 is 5.69 Å². The van der Waals surface area contributed by atoms with Crippen molar-refractivity contribution in [2.24, 2.45) is 0 Å². The van der Waals surface area contributed by atoms with Gasteiger partial charge in [0.2, 0.25) is 0 Å². The van der Waals surface area contributed by atoms with Crippen molar-refractivity contribution in [3.05, 3.63) is 32.7 Å². The topological polar surface area (TPSA) is 112 Å². The van der Waals surface area contributed by atoms with Crippen LogP contribution in [0.5, 0.6) is 5.75 Å². The minimum Gasteiger partial charge on any atom is -0.505 e. The summed E-state index contributed by atoms with van der Waals surface area (Å²) in [5.74, 6) is -0.326. The fourth-order valence-electron chi connectivity index (χ4n) is 1.21. The molecule has 0 atom stereocenters. The molecule has 7 nitrogen and oxygen atoms in total. The zero-order chi connectivity index (χ0) is 10.3. The second kappa shape index (κ2) is 2.59. The van der Waals surface area contributed by atoms with Gasteiger partial charge in [0.15, 0.2) is 0 Å². The minimum atomic E-state index is -0.648. The number of non-ortho nitro benzene ring substituents is 1. The number of benzene rings is 1. The molecule has 0 bridgehead atoms. The molecular weight excluding hydrogens is 190 g/mol. The number of nitro benzene ring substituents is 1. The van der Waals surface area contributed by atoms with E-state index >= 15 is 0 Å². The van der Waals surface area contributed by atoms with E-state index in [1.54, 1.807) is 0 Å². The molecule has 14 heavy (non-hydrogen) atoms. The second-order valence-corrected chi connectivity index (χ2v) is 2.72. The molecule has 1 aromatic heterocycles. The van der Waals surface area contributed by atoms with E-state index < -0.39 is 10.6 Å². The van der Waals surface area contributed by atoms with Crippen LogP contribution in [0.4, 0.5) is 5.69 Å². The smallest absolute Gasteiger partial charge is 0.323 e. The zero-order valence-electron chi connectivity index (χ0n) is 6.77. The van der Waals surface area contributed by atoms with Gasteiger partial charge in [-0.25, -0.2) is 4.79 Å². The Kier molecular flexibility index (Phi) is 1.53. The number of phenolic OH excluding ortho intramolecular Hbond substituents is 1. The van der Waals surface area contributed by atoms with Crippen molar-refractivity contribution in [3.8, 4) is 5.75 Å². The number of fused-ring (bicyclic) bond motifs is 1. The summed E-state index contributed by atoms with van der Waals surface area (Å²) in [5, 5.41) is 19.7. The van der Waals surface area contributed by atoms with Crippen molar-refractivity contribution in [1.82, 2.24) is 9.97 Å². The van der Waals surface area contributed by atoms with Gasteiger partial charge in [-0.3, -0.25) is 10.1 Å². The van der Waals surface area contributed by atoms with Crippen LogP contribution in [0.15, 0.2) is 16.9 Å². The van der Waals surface area contributed by atoms with Gasteiger partial charge in [0.05, 0.1) is 16.5 Å². The predicted octanol–water partition coefficient (Wildman–Crippen LogP) is 0.470. The molecule has 2 aromatic rings. The number of nitrogens with zero attached hydrogens (tertiary/aromatic N) is 1. The zero-order valence-corrected chi connectivity index (χ0v) is 6.77. The van der Waals surface area contributed by atoms with E-state index in [4.69, 9.17) is 0 Å². The van der Waals surface area contributed by atoms with E-state index in [1.165, 1.54) is 6.07 Å². The first kappa shape index (κ1) is 8.30. The van der Waals surface area contributed by atoms with Crippen molar-refractivity contribution >= 4 is 16.7 Å². The third-order valence-electron chi connectivity index (χ3n) is 1.80. The molecule has 0 fully saturated rings. The standard InChI is InChI=1S/C7H5N3O4/c11-5-2-3(10(13)14)1-4-6(5)9-7(12)8-4/h1-2,11H,(H2,8,9,12). The Bertz CT molecular complexity index is 568. The first-order chi connectivity index (χ1) is 6.58. The van der Waals surface area contributed by atoms with Crippen LogP contribution in [-0.4, -0.2) is 20.0 Å². The summed E-state index contributed by atoms with van der Waals surface area (Å²) in [5.41, 5.74) is -0.414. The molecule has 0 amide bonds. The Morgan fingerprint density at radius 2 is 2.07 bits per heavy atom. The summed E-state index contributed by atoms with van der Waals surface area (Å²) in [6, 6.07) is 2.15. The van der Waals surface area contributed by atoms with Gasteiger partial charge < -0.3 is 15.1 Å². The van der Waals surface area contributed by atoms with Gasteiger partial charge >= 0.3 is 5.69 Å². The van der Waals surface area contributed by atoms with Gasteiger partial charge in [-0.2, -0.15) is 0 Å². The largest absolute Gasteiger partial charge is 0.505 e. The van der Waals surface area contributed by atoms with E-state index in [1.807, 2.05) is 0 Å². The highest BCUT2D eigenvalue weighted by Crippen LogP contribution is 2.26. The van der Waals surface area contributed by atoms with Gasteiger partial charge in [0, 0.05) is 6.07 Å². The van der Waals surface area contributed by atoms with Crippen molar-refractivity contribution in [2.75, 3.05) is 0 Å². The number of hydrogen-bond donors (Lipinski definition) is 3. The molecule has 0 radical (unpaired) electrons. The van der Waals surface area contributed by atoms with Crippen LogP contribution in [0.25, 0.3) is 11.0 Å². The lowest BCUT2D eigenvalue weighted by atomic mass is 10.2. The highest BCUT2D eigenvalue weighted by molar-refractivity contribution is 5.83. The van der Waals surface area contributed by atoms with Gasteiger partial charge in [-0.1, -0.05) is 0 Å². The van der Waals surface area contributed by atoms with Crippen LogP contribution in [-0.2, 0) is 0 Å². The SMILES string of the molecule is O=c1[nH]c2cc([N+](=O)[O-])cc(O)c2[nH]1. The molecule has 1 aromatic carbocycles. The predicted molar refractivity (Wildman–Crippen MR) is 47.2 cm³/mol. The molecule has 1 heterocycles. The highest BCUT2D eigenvalue weighted by Gasteiger charge is 2.12. The molecule has 0 spiro atoms. The van der Waals surface area contributed by atoms with Crippen LogP contribution >= 0.6 is 0 Å². The first-order valence-corrected chi connectivity index (χ1v) is 3.67. The van der Waals surface area contributed by atoms with Gasteiger partial charge in [-0.05, 0) is 0 Å². The highest BCUT2D eigenvalue weighted by atomic mass is 16.6. The monoisotopic (exact) mass is 195 g/mol. The average Bonchev–Trinajstić information content (AvgIpc) is 2.45. The first-order valence-electron chi connectivity index (χ1n) is 3.67. The van der Waals surface area contributed by atoms with E-state index in [0.717, 1.165) is 6.07 Å². The Balaban J connectivity index is 2.84. The number of aromatic hydroxyl groups is 1. The van der Waals surface area contributed by atoms with Crippen molar-refractivity contribution in [2.45, 2.75) is 0 Å². The number of rotatable bonds is 1. The van der Waals surface area contributed by atoms with Crippen LogP contribution in [0.3, 0.4) is 0 Å². The van der Waals surface area contributed by atoms with Gasteiger partial charge in [0.1, 0.15) is 11.3 Å². The Morgan fingerprint density at radius 3 is 2.71 bits per heavy atom. The number of H-pyrrole nitrogens is 2. The summed E-state index contributed by atoms with van der Waals surface area (Å²) in [6.07, 6.45) is 0. The number of aromatic amines is 2. The third-order valence-corrected chi connectivity index (χ3v) is 1.80. The Labute approximate surface area is 76.2 Å². The fourth-order valence-corrected chi connectivity index (χ4v) is 1.21. The fraction of sp³-hybridized carbons (Fsp3) is 0. The average molecular weight is 195 g/mol. The van der Waals surface area contributed by atoms with Crippen LogP contribution in [0.2, 0.25) is 0 Å². The van der Waals surface area contributed by atoms with Crippen molar-refractivity contribution < 1.29 is 10.0 Å². The number of aromatic nitrogens is 2. The molecule has 0 saturated carbocycles. The van der Waals surface area contributed by atoms with E-state index in [2.05, 4.69) is 9.97 Å². The Hall–Kier alpha value is -2.31. The maximum atomic E-state index is 10.8. The summed E-state index contributed by atoms with van der Waals surface area (Å²) in [7, 11) is 0. The number of nitro groups is 1. The summed E-state index contributed by atoms with van der Waals surface area (Å²) >= 11 is 0.